The van der Waals surface area contributed by atoms with Gasteiger partial charge >= 0.3 is 0 Å². The molecule has 98 valence electrons. The van der Waals surface area contributed by atoms with Crippen molar-refractivity contribution in [3.05, 3.63) is 28.8 Å². The number of hydrogen-bond acceptors (Lipinski definition) is 3. The summed E-state index contributed by atoms with van der Waals surface area (Å²) in [6, 6.07) is 5.04. The topological polar surface area (TPSA) is 55.6 Å². The molecule has 2 rings (SSSR count). The summed E-state index contributed by atoms with van der Waals surface area (Å²) in [5.41, 5.74) is 6.73. The zero-order valence-electron chi connectivity index (χ0n) is 10.5. The number of anilines is 1. The van der Waals surface area contributed by atoms with E-state index in [9.17, 15) is 4.79 Å². The SMILES string of the molecule is CC1OCCC1N(C)C(=O)c1ccc(Cl)cc1N. The molecule has 5 heteroatoms. The highest BCUT2D eigenvalue weighted by Gasteiger charge is 2.31. The van der Waals surface area contributed by atoms with Crippen LogP contribution in [0.5, 0.6) is 0 Å². The van der Waals surface area contributed by atoms with Crippen LogP contribution in [0.2, 0.25) is 5.02 Å². The Morgan fingerprint density at radius 2 is 2.28 bits per heavy atom. The Balaban J connectivity index is 2.20. The van der Waals surface area contributed by atoms with Gasteiger partial charge in [-0.15, -0.1) is 0 Å². The molecule has 0 bridgehead atoms. The van der Waals surface area contributed by atoms with Gasteiger partial charge in [0, 0.05) is 24.4 Å². The number of carbonyl (C=O) groups is 1. The van der Waals surface area contributed by atoms with Gasteiger partial charge in [0.25, 0.3) is 5.91 Å². The minimum absolute atomic E-state index is 0.0625. The molecule has 2 atom stereocenters. The number of amides is 1. The van der Waals surface area contributed by atoms with Crippen LogP contribution in [-0.4, -0.2) is 36.6 Å². The lowest BCUT2D eigenvalue weighted by Gasteiger charge is -2.27. The van der Waals surface area contributed by atoms with Gasteiger partial charge in [0.2, 0.25) is 0 Å². The Kier molecular flexibility index (Phi) is 3.78. The Labute approximate surface area is 112 Å². The molecule has 0 radical (unpaired) electrons. The van der Waals surface area contributed by atoms with Crippen molar-refractivity contribution in [1.82, 2.24) is 4.90 Å². The van der Waals surface area contributed by atoms with Crippen molar-refractivity contribution >= 4 is 23.2 Å². The van der Waals surface area contributed by atoms with Gasteiger partial charge in [-0.3, -0.25) is 4.79 Å². The molecule has 0 saturated carbocycles. The van der Waals surface area contributed by atoms with Crippen LogP contribution in [0.4, 0.5) is 5.69 Å². The van der Waals surface area contributed by atoms with Crippen LogP contribution in [0.25, 0.3) is 0 Å². The average Bonchev–Trinajstić information content (AvgIpc) is 2.74. The summed E-state index contributed by atoms with van der Waals surface area (Å²) in [6.07, 6.45) is 0.921. The molecular weight excluding hydrogens is 252 g/mol. The van der Waals surface area contributed by atoms with E-state index in [1.807, 2.05) is 6.92 Å². The van der Waals surface area contributed by atoms with Crippen LogP contribution in [-0.2, 0) is 4.74 Å². The molecule has 1 heterocycles. The smallest absolute Gasteiger partial charge is 0.256 e. The number of hydrogen-bond donors (Lipinski definition) is 1. The Morgan fingerprint density at radius 1 is 1.56 bits per heavy atom. The Bertz CT molecular complexity index is 464. The maximum atomic E-state index is 12.4. The number of nitrogens with two attached hydrogens (primary N) is 1. The summed E-state index contributed by atoms with van der Waals surface area (Å²) in [5, 5.41) is 0.532. The zero-order valence-corrected chi connectivity index (χ0v) is 11.3. The van der Waals surface area contributed by atoms with Crippen LogP contribution in [0.1, 0.15) is 23.7 Å². The van der Waals surface area contributed by atoms with E-state index in [0.717, 1.165) is 6.42 Å². The molecule has 2 unspecified atom stereocenters. The molecule has 1 aromatic rings. The van der Waals surface area contributed by atoms with Crippen molar-refractivity contribution < 1.29 is 9.53 Å². The third-order valence-corrected chi connectivity index (χ3v) is 3.63. The maximum absolute atomic E-state index is 12.4. The molecule has 0 spiro atoms. The van der Waals surface area contributed by atoms with Gasteiger partial charge in [0.1, 0.15) is 0 Å². The van der Waals surface area contributed by atoms with Crippen LogP contribution in [0, 0.1) is 0 Å². The second kappa shape index (κ2) is 5.16. The molecular formula is C13H17ClN2O2. The van der Waals surface area contributed by atoms with E-state index in [2.05, 4.69) is 0 Å². The number of carbonyl (C=O) groups excluding carboxylic acids is 1. The van der Waals surface area contributed by atoms with Gasteiger partial charge in [0.15, 0.2) is 0 Å². The molecule has 0 aromatic heterocycles. The normalized spacial score (nSPS) is 23.1. The maximum Gasteiger partial charge on any atom is 0.256 e. The van der Waals surface area contributed by atoms with Crippen LogP contribution in [0.15, 0.2) is 18.2 Å². The molecule has 1 amide bonds. The van der Waals surface area contributed by atoms with Gasteiger partial charge < -0.3 is 15.4 Å². The highest BCUT2D eigenvalue weighted by Crippen LogP contribution is 2.23. The highest BCUT2D eigenvalue weighted by atomic mass is 35.5. The molecule has 18 heavy (non-hydrogen) atoms. The van der Waals surface area contributed by atoms with Crippen molar-refractivity contribution in [2.75, 3.05) is 19.4 Å². The number of nitrogen functional groups attached to an aromatic ring is 1. The predicted octanol–water partition coefficient (Wildman–Crippen LogP) is 2.17. The average molecular weight is 269 g/mol. The summed E-state index contributed by atoms with van der Waals surface area (Å²) >= 11 is 5.83. The molecule has 4 nitrogen and oxygen atoms in total. The monoisotopic (exact) mass is 268 g/mol. The van der Waals surface area contributed by atoms with E-state index in [1.165, 1.54) is 0 Å². The van der Waals surface area contributed by atoms with Crippen LogP contribution < -0.4 is 5.73 Å². The van der Waals surface area contributed by atoms with E-state index in [1.54, 1.807) is 30.1 Å². The molecule has 1 saturated heterocycles. The van der Waals surface area contributed by atoms with Crippen molar-refractivity contribution in [3.8, 4) is 0 Å². The van der Waals surface area contributed by atoms with E-state index < -0.39 is 0 Å². The first kappa shape index (κ1) is 13.2. The first-order valence-corrected chi connectivity index (χ1v) is 6.32. The lowest BCUT2D eigenvalue weighted by atomic mass is 10.1. The van der Waals surface area contributed by atoms with Crippen LogP contribution in [0.3, 0.4) is 0 Å². The van der Waals surface area contributed by atoms with E-state index in [4.69, 9.17) is 22.1 Å². The number of nitrogens with zero attached hydrogens (tertiary/aromatic N) is 1. The zero-order chi connectivity index (χ0) is 13.3. The van der Waals surface area contributed by atoms with Crippen LogP contribution >= 0.6 is 11.6 Å². The second-order valence-corrected chi connectivity index (χ2v) is 5.02. The first-order chi connectivity index (χ1) is 8.50. The van der Waals surface area contributed by atoms with E-state index >= 15 is 0 Å². The molecule has 2 N–H and O–H groups in total. The van der Waals surface area contributed by atoms with Gasteiger partial charge in [0.05, 0.1) is 17.7 Å². The van der Waals surface area contributed by atoms with Crippen molar-refractivity contribution in [3.63, 3.8) is 0 Å². The summed E-state index contributed by atoms with van der Waals surface area (Å²) in [7, 11) is 1.78. The lowest BCUT2D eigenvalue weighted by Crippen LogP contribution is -2.41. The summed E-state index contributed by atoms with van der Waals surface area (Å²) in [6.45, 7) is 2.67. The predicted molar refractivity (Wildman–Crippen MR) is 71.8 cm³/mol. The molecule has 1 fully saturated rings. The van der Waals surface area contributed by atoms with Gasteiger partial charge in [-0.2, -0.15) is 0 Å². The van der Waals surface area contributed by atoms with Crippen molar-refractivity contribution in [2.45, 2.75) is 25.5 Å². The largest absolute Gasteiger partial charge is 0.398 e. The number of likely N-dealkylation sites (N-methyl/N-ethyl adjacent to an activating group) is 1. The molecule has 1 aliphatic rings. The van der Waals surface area contributed by atoms with E-state index in [-0.39, 0.29) is 18.1 Å². The van der Waals surface area contributed by atoms with E-state index in [0.29, 0.717) is 22.9 Å². The standard InChI is InChI=1S/C13H17ClN2O2/c1-8-12(5-6-18-8)16(2)13(17)10-4-3-9(14)7-11(10)15/h3-4,7-8,12H,5-6,15H2,1-2H3. The number of halogens is 1. The van der Waals surface area contributed by atoms with Crippen molar-refractivity contribution in [2.24, 2.45) is 0 Å². The summed E-state index contributed by atoms with van der Waals surface area (Å²) < 4.78 is 5.48. The third-order valence-electron chi connectivity index (χ3n) is 3.40. The van der Waals surface area contributed by atoms with Gasteiger partial charge in [-0.05, 0) is 31.5 Å². The number of ether oxygens (including phenoxy) is 1. The Hall–Kier alpha value is -1.26. The minimum Gasteiger partial charge on any atom is -0.398 e. The van der Waals surface area contributed by atoms with Crippen molar-refractivity contribution in [1.29, 1.82) is 0 Å². The minimum atomic E-state index is -0.0912. The summed E-state index contributed by atoms with van der Waals surface area (Å²) in [4.78, 5) is 14.1. The highest BCUT2D eigenvalue weighted by molar-refractivity contribution is 6.31. The summed E-state index contributed by atoms with van der Waals surface area (Å²) in [5.74, 6) is -0.0912. The molecule has 1 aliphatic heterocycles. The molecule has 1 aromatic carbocycles. The fraction of sp³-hybridized carbons (Fsp3) is 0.462. The fourth-order valence-corrected chi connectivity index (χ4v) is 2.48. The lowest BCUT2D eigenvalue weighted by molar-refractivity contribution is 0.0575. The number of rotatable bonds is 2. The quantitative estimate of drug-likeness (QED) is 0.837. The Morgan fingerprint density at radius 3 is 2.83 bits per heavy atom. The first-order valence-electron chi connectivity index (χ1n) is 5.94. The van der Waals surface area contributed by atoms with Gasteiger partial charge in [-0.1, -0.05) is 11.6 Å². The number of benzene rings is 1. The van der Waals surface area contributed by atoms with Gasteiger partial charge in [-0.25, -0.2) is 0 Å². The third kappa shape index (κ3) is 2.44. The second-order valence-electron chi connectivity index (χ2n) is 4.58. The fourth-order valence-electron chi connectivity index (χ4n) is 2.30. The molecule has 0 aliphatic carbocycles.